The molecule has 1 atom stereocenters. The second-order valence-electron chi connectivity index (χ2n) is 8.60. The summed E-state index contributed by atoms with van der Waals surface area (Å²) >= 11 is 0. The van der Waals surface area contributed by atoms with E-state index in [-0.39, 0.29) is 18.4 Å². The maximum Gasteiger partial charge on any atom is 0.257 e. The smallest absolute Gasteiger partial charge is 0.257 e. The first-order valence-corrected chi connectivity index (χ1v) is 10.2. The number of rotatable bonds is 4. The van der Waals surface area contributed by atoms with Gasteiger partial charge in [-0.25, -0.2) is 4.98 Å². The molecule has 1 aliphatic heterocycles. The van der Waals surface area contributed by atoms with E-state index < -0.39 is 11.6 Å². The van der Waals surface area contributed by atoms with Crippen LogP contribution in [0.4, 0.5) is 0 Å². The zero-order chi connectivity index (χ0) is 22.2. The molecule has 31 heavy (non-hydrogen) atoms. The third-order valence-corrected chi connectivity index (χ3v) is 5.14. The molecule has 7 heteroatoms. The van der Waals surface area contributed by atoms with Crippen LogP contribution in [-0.4, -0.2) is 38.9 Å². The summed E-state index contributed by atoms with van der Waals surface area (Å²) in [6, 6.07) is 14.0. The standard InChI is InChI=1S/C24H26N4O3/c1-24(2,3)26-22(29)20-21-25-13-14-27(21)19-8-6-5-7-18(19)23(30)28(20)15-16-9-11-17(31-4)12-10-16/h5-14,20H,15H2,1-4H3,(H,26,29). The molecule has 160 valence electrons. The Morgan fingerprint density at radius 2 is 1.84 bits per heavy atom. The van der Waals surface area contributed by atoms with Crippen LogP contribution in [0, 0.1) is 0 Å². The van der Waals surface area contributed by atoms with Gasteiger partial charge in [-0.2, -0.15) is 0 Å². The van der Waals surface area contributed by atoms with Gasteiger partial charge in [0.05, 0.1) is 18.4 Å². The molecule has 1 unspecified atom stereocenters. The van der Waals surface area contributed by atoms with Crippen molar-refractivity contribution in [3.8, 4) is 11.4 Å². The Kier molecular flexibility index (Phi) is 5.27. The van der Waals surface area contributed by atoms with Gasteiger partial charge in [0.15, 0.2) is 6.04 Å². The predicted octanol–water partition coefficient (Wildman–Crippen LogP) is 3.49. The maximum atomic E-state index is 13.7. The summed E-state index contributed by atoms with van der Waals surface area (Å²) in [4.78, 5) is 33.2. The van der Waals surface area contributed by atoms with Crippen molar-refractivity contribution in [2.75, 3.05) is 7.11 Å². The minimum absolute atomic E-state index is 0.217. The van der Waals surface area contributed by atoms with Gasteiger partial charge in [-0.3, -0.25) is 9.59 Å². The summed E-state index contributed by atoms with van der Waals surface area (Å²) in [5, 5.41) is 3.02. The topological polar surface area (TPSA) is 76.5 Å². The van der Waals surface area contributed by atoms with E-state index >= 15 is 0 Å². The zero-order valence-corrected chi connectivity index (χ0v) is 18.1. The van der Waals surface area contributed by atoms with Crippen LogP contribution >= 0.6 is 0 Å². The van der Waals surface area contributed by atoms with E-state index in [1.54, 1.807) is 30.5 Å². The number of amides is 2. The summed E-state index contributed by atoms with van der Waals surface area (Å²) in [5.41, 5.74) is 1.68. The van der Waals surface area contributed by atoms with E-state index in [0.29, 0.717) is 17.1 Å². The van der Waals surface area contributed by atoms with Crippen LogP contribution in [0.1, 0.15) is 48.6 Å². The molecule has 0 spiro atoms. The minimum Gasteiger partial charge on any atom is -0.497 e. The maximum absolute atomic E-state index is 13.7. The Morgan fingerprint density at radius 3 is 2.52 bits per heavy atom. The van der Waals surface area contributed by atoms with Gasteiger partial charge in [-0.05, 0) is 50.6 Å². The molecule has 0 saturated carbocycles. The van der Waals surface area contributed by atoms with Crippen molar-refractivity contribution < 1.29 is 14.3 Å². The Bertz CT molecular complexity index is 1110. The number of carbonyl (C=O) groups excluding carboxylic acids is 2. The SMILES string of the molecule is COc1ccc(CN2C(=O)c3ccccc3-n3ccnc3C2C(=O)NC(C)(C)C)cc1. The summed E-state index contributed by atoms with van der Waals surface area (Å²) in [5.74, 6) is 0.753. The lowest BCUT2D eigenvalue weighted by Crippen LogP contribution is -2.49. The summed E-state index contributed by atoms with van der Waals surface area (Å²) < 4.78 is 7.07. The number of nitrogens with one attached hydrogen (secondary N) is 1. The van der Waals surface area contributed by atoms with Crippen molar-refractivity contribution in [2.45, 2.75) is 38.9 Å². The number of hydrogen-bond acceptors (Lipinski definition) is 4. The number of fused-ring (bicyclic) bond motifs is 3. The molecular formula is C24H26N4O3. The highest BCUT2D eigenvalue weighted by molar-refractivity contribution is 6.01. The predicted molar refractivity (Wildman–Crippen MR) is 117 cm³/mol. The molecular weight excluding hydrogens is 392 g/mol. The van der Waals surface area contributed by atoms with E-state index in [2.05, 4.69) is 10.3 Å². The van der Waals surface area contributed by atoms with E-state index in [1.165, 1.54) is 0 Å². The third kappa shape index (κ3) is 4.03. The molecule has 1 aromatic heterocycles. The van der Waals surface area contributed by atoms with Crippen LogP contribution in [0.5, 0.6) is 5.75 Å². The average Bonchev–Trinajstić information content (AvgIpc) is 3.18. The first-order valence-electron chi connectivity index (χ1n) is 10.2. The molecule has 3 aromatic rings. The molecule has 0 saturated heterocycles. The molecule has 7 nitrogen and oxygen atoms in total. The van der Waals surface area contributed by atoms with Crippen LogP contribution in [0.2, 0.25) is 0 Å². The largest absolute Gasteiger partial charge is 0.497 e. The van der Waals surface area contributed by atoms with Crippen LogP contribution in [0.15, 0.2) is 60.9 Å². The number of imidazole rings is 1. The molecule has 2 aromatic carbocycles. The van der Waals surface area contributed by atoms with Gasteiger partial charge in [0.25, 0.3) is 11.8 Å². The lowest BCUT2D eigenvalue weighted by molar-refractivity contribution is -0.127. The average molecular weight is 418 g/mol. The fourth-order valence-electron chi connectivity index (χ4n) is 3.78. The molecule has 2 heterocycles. The molecule has 0 radical (unpaired) electrons. The van der Waals surface area contributed by atoms with E-state index in [1.807, 2.05) is 67.8 Å². The Balaban J connectivity index is 1.83. The zero-order valence-electron chi connectivity index (χ0n) is 18.1. The highest BCUT2D eigenvalue weighted by atomic mass is 16.5. The lowest BCUT2D eigenvalue weighted by Gasteiger charge is -2.31. The van der Waals surface area contributed by atoms with Gasteiger partial charge >= 0.3 is 0 Å². The van der Waals surface area contributed by atoms with Crippen LogP contribution in [-0.2, 0) is 11.3 Å². The molecule has 0 fully saturated rings. The van der Waals surface area contributed by atoms with Gasteiger partial charge in [-0.15, -0.1) is 0 Å². The second-order valence-corrected chi connectivity index (χ2v) is 8.60. The number of methoxy groups -OCH3 is 1. The van der Waals surface area contributed by atoms with Gasteiger partial charge in [-0.1, -0.05) is 24.3 Å². The number of carbonyl (C=O) groups is 2. The van der Waals surface area contributed by atoms with Gasteiger partial charge in [0.1, 0.15) is 11.6 Å². The molecule has 2 amide bonds. The monoisotopic (exact) mass is 418 g/mol. The van der Waals surface area contributed by atoms with Crippen molar-refractivity contribution in [1.82, 2.24) is 19.8 Å². The van der Waals surface area contributed by atoms with Crippen LogP contribution in [0.3, 0.4) is 0 Å². The Morgan fingerprint density at radius 1 is 1.13 bits per heavy atom. The highest BCUT2D eigenvalue weighted by Crippen LogP contribution is 2.33. The van der Waals surface area contributed by atoms with Crippen molar-refractivity contribution in [3.63, 3.8) is 0 Å². The highest BCUT2D eigenvalue weighted by Gasteiger charge is 2.40. The van der Waals surface area contributed by atoms with Gasteiger partial charge in [0.2, 0.25) is 0 Å². The third-order valence-electron chi connectivity index (χ3n) is 5.14. The number of aromatic nitrogens is 2. The minimum atomic E-state index is -0.878. The van der Waals surface area contributed by atoms with Gasteiger partial charge < -0.3 is 19.5 Å². The van der Waals surface area contributed by atoms with E-state index in [0.717, 1.165) is 11.3 Å². The molecule has 0 bridgehead atoms. The van der Waals surface area contributed by atoms with Crippen LogP contribution in [0.25, 0.3) is 5.69 Å². The molecule has 4 rings (SSSR count). The quantitative estimate of drug-likeness (QED) is 0.704. The number of benzene rings is 2. The first kappa shape index (κ1) is 20.7. The molecule has 1 N–H and O–H groups in total. The number of nitrogens with zero attached hydrogens (tertiary/aromatic N) is 3. The normalized spacial score (nSPS) is 15.7. The number of ether oxygens (including phenoxy) is 1. The van der Waals surface area contributed by atoms with Gasteiger partial charge in [0, 0.05) is 24.5 Å². The Hall–Kier alpha value is -3.61. The van der Waals surface area contributed by atoms with Crippen molar-refractivity contribution in [1.29, 1.82) is 0 Å². The van der Waals surface area contributed by atoms with E-state index in [4.69, 9.17) is 4.74 Å². The fourth-order valence-corrected chi connectivity index (χ4v) is 3.78. The van der Waals surface area contributed by atoms with E-state index in [9.17, 15) is 9.59 Å². The lowest BCUT2D eigenvalue weighted by atomic mass is 10.1. The second kappa shape index (κ2) is 7.91. The summed E-state index contributed by atoms with van der Waals surface area (Å²) in [6.07, 6.45) is 3.44. The molecule has 1 aliphatic rings. The van der Waals surface area contributed by atoms with Crippen LogP contribution < -0.4 is 10.1 Å². The fraction of sp³-hybridized carbons (Fsp3) is 0.292. The first-order chi connectivity index (χ1) is 14.8. The Labute approximate surface area is 181 Å². The summed E-state index contributed by atoms with van der Waals surface area (Å²) in [7, 11) is 1.61. The molecule has 0 aliphatic carbocycles. The van der Waals surface area contributed by atoms with Crippen molar-refractivity contribution >= 4 is 11.8 Å². The van der Waals surface area contributed by atoms with Crippen molar-refractivity contribution in [3.05, 3.63) is 77.9 Å². The van der Waals surface area contributed by atoms with Crippen molar-refractivity contribution in [2.24, 2.45) is 0 Å². The number of hydrogen-bond donors (Lipinski definition) is 1. The number of para-hydroxylation sites is 1. The summed E-state index contributed by atoms with van der Waals surface area (Å²) in [6.45, 7) is 6.00.